The highest BCUT2D eigenvalue weighted by atomic mass is 16.5. The molecule has 0 spiro atoms. The Bertz CT molecular complexity index is 1050. The third kappa shape index (κ3) is 5.05. The predicted octanol–water partition coefficient (Wildman–Crippen LogP) is 1.39. The van der Waals surface area contributed by atoms with Crippen molar-refractivity contribution in [1.29, 1.82) is 0 Å². The number of hydrogen-bond acceptors (Lipinski definition) is 5. The van der Waals surface area contributed by atoms with E-state index in [1.54, 1.807) is 18.3 Å². The molecular formula is C21H26N6O3. The van der Waals surface area contributed by atoms with Crippen LogP contribution in [0.5, 0.6) is 0 Å². The second-order valence-electron chi connectivity index (χ2n) is 7.26. The molecule has 1 aliphatic rings. The second-order valence-corrected chi connectivity index (χ2v) is 7.26. The first kappa shape index (κ1) is 20.1. The van der Waals surface area contributed by atoms with Gasteiger partial charge in [-0.3, -0.25) is 9.30 Å². The van der Waals surface area contributed by atoms with Crippen molar-refractivity contribution in [1.82, 2.24) is 24.4 Å². The molecule has 2 amide bonds. The van der Waals surface area contributed by atoms with E-state index in [9.17, 15) is 9.59 Å². The summed E-state index contributed by atoms with van der Waals surface area (Å²) in [7, 11) is 0. The zero-order valence-electron chi connectivity index (χ0n) is 16.8. The van der Waals surface area contributed by atoms with Crippen LogP contribution in [0.3, 0.4) is 0 Å². The van der Waals surface area contributed by atoms with E-state index in [4.69, 9.17) is 4.74 Å². The van der Waals surface area contributed by atoms with Crippen molar-refractivity contribution in [2.24, 2.45) is 0 Å². The van der Waals surface area contributed by atoms with Crippen LogP contribution in [0.15, 0.2) is 53.5 Å². The predicted molar refractivity (Wildman–Crippen MR) is 114 cm³/mol. The van der Waals surface area contributed by atoms with Gasteiger partial charge >= 0.3 is 11.7 Å². The summed E-state index contributed by atoms with van der Waals surface area (Å²) in [4.78, 5) is 26.9. The van der Waals surface area contributed by atoms with Crippen LogP contribution in [0.2, 0.25) is 0 Å². The first-order chi connectivity index (χ1) is 14.7. The summed E-state index contributed by atoms with van der Waals surface area (Å²) in [6.45, 7) is 5.36. The van der Waals surface area contributed by atoms with Gasteiger partial charge in [0.15, 0.2) is 5.65 Å². The molecule has 0 saturated carbocycles. The Balaban J connectivity index is 1.29. The van der Waals surface area contributed by atoms with Gasteiger partial charge < -0.3 is 15.4 Å². The molecule has 4 rings (SSSR count). The molecule has 2 aromatic heterocycles. The minimum Gasteiger partial charge on any atom is -0.379 e. The van der Waals surface area contributed by atoms with Crippen LogP contribution in [0.25, 0.3) is 5.65 Å². The number of amides is 2. The number of hydrogen-bond donors (Lipinski definition) is 2. The van der Waals surface area contributed by atoms with Gasteiger partial charge in [0, 0.05) is 31.5 Å². The van der Waals surface area contributed by atoms with Crippen molar-refractivity contribution < 1.29 is 9.53 Å². The number of carbonyl (C=O) groups excluding carboxylic acids is 1. The van der Waals surface area contributed by atoms with Gasteiger partial charge in [0.05, 0.1) is 19.8 Å². The number of nitrogens with one attached hydrogen (secondary N) is 2. The SMILES string of the molecule is O=C(NCCCN1CCOCC1)Nc1cccc(Cn2nc3ccccn3c2=O)c1. The molecule has 1 aromatic carbocycles. The van der Waals surface area contributed by atoms with Gasteiger partial charge in [-0.2, -0.15) is 0 Å². The topological polar surface area (TPSA) is 92.9 Å². The Labute approximate surface area is 174 Å². The fourth-order valence-corrected chi connectivity index (χ4v) is 3.50. The lowest BCUT2D eigenvalue weighted by atomic mass is 10.2. The molecule has 0 radical (unpaired) electrons. The van der Waals surface area contributed by atoms with Crippen molar-refractivity contribution >= 4 is 17.4 Å². The number of aromatic nitrogens is 3. The fourth-order valence-electron chi connectivity index (χ4n) is 3.50. The number of benzene rings is 1. The fraction of sp³-hybridized carbons (Fsp3) is 0.381. The van der Waals surface area contributed by atoms with E-state index in [-0.39, 0.29) is 11.7 Å². The molecule has 1 fully saturated rings. The lowest BCUT2D eigenvalue weighted by Gasteiger charge is -2.26. The van der Waals surface area contributed by atoms with Gasteiger partial charge in [0.1, 0.15) is 0 Å². The highest BCUT2D eigenvalue weighted by Crippen LogP contribution is 2.11. The summed E-state index contributed by atoms with van der Waals surface area (Å²) < 4.78 is 8.26. The minimum absolute atomic E-state index is 0.193. The average molecular weight is 410 g/mol. The Morgan fingerprint density at radius 2 is 2.00 bits per heavy atom. The van der Waals surface area contributed by atoms with Crippen LogP contribution in [-0.4, -0.2) is 64.5 Å². The molecule has 3 heterocycles. The number of nitrogens with zero attached hydrogens (tertiary/aromatic N) is 4. The molecule has 1 aliphatic heterocycles. The normalized spacial score (nSPS) is 14.7. The molecule has 1 saturated heterocycles. The Kier molecular flexibility index (Phi) is 6.41. The second kappa shape index (κ2) is 9.55. The molecule has 0 bridgehead atoms. The van der Waals surface area contributed by atoms with E-state index >= 15 is 0 Å². The lowest BCUT2D eigenvalue weighted by molar-refractivity contribution is 0.0375. The summed E-state index contributed by atoms with van der Waals surface area (Å²) in [5.74, 6) is 0. The largest absolute Gasteiger partial charge is 0.379 e. The third-order valence-corrected chi connectivity index (χ3v) is 5.05. The van der Waals surface area contributed by atoms with Crippen LogP contribution in [0.4, 0.5) is 10.5 Å². The zero-order valence-corrected chi connectivity index (χ0v) is 16.8. The summed E-state index contributed by atoms with van der Waals surface area (Å²) in [6.07, 6.45) is 2.59. The zero-order chi connectivity index (χ0) is 20.8. The number of anilines is 1. The van der Waals surface area contributed by atoms with Crippen molar-refractivity contribution in [3.63, 3.8) is 0 Å². The first-order valence-electron chi connectivity index (χ1n) is 10.2. The van der Waals surface area contributed by atoms with Crippen LogP contribution in [-0.2, 0) is 11.3 Å². The number of carbonyl (C=O) groups is 1. The van der Waals surface area contributed by atoms with Crippen LogP contribution in [0, 0.1) is 0 Å². The van der Waals surface area contributed by atoms with Crippen LogP contribution in [0.1, 0.15) is 12.0 Å². The number of ether oxygens (including phenoxy) is 1. The van der Waals surface area contributed by atoms with Crippen molar-refractivity contribution in [2.75, 3.05) is 44.7 Å². The van der Waals surface area contributed by atoms with E-state index in [0.29, 0.717) is 24.4 Å². The van der Waals surface area contributed by atoms with E-state index in [2.05, 4.69) is 20.6 Å². The summed E-state index contributed by atoms with van der Waals surface area (Å²) in [5, 5.41) is 10.1. The number of fused-ring (bicyclic) bond motifs is 1. The molecule has 158 valence electrons. The Morgan fingerprint density at radius 1 is 1.13 bits per heavy atom. The summed E-state index contributed by atoms with van der Waals surface area (Å²) in [6, 6.07) is 12.6. The smallest absolute Gasteiger partial charge is 0.350 e. The maximum Gasteiger partial charge on any atom is 0.350 e. The van der Waals surface area contributed by atoms with E-state index in [0.717, 1.165) is 44.8 Å². The molecule has 30 heavy (non-hydrogen) atoms. The van der Waals surface area contributed by atoms with Crippen LogP contribution >= 0.6 is 0 Å². The maximum atomic E-state index is 12.4. The van der Waals surface area contributed by atoms with Gasteiger partial charge in [0.2, 0.25) is 0 Å². The van der Waals surface area contributed by atoms with Crippen molar-refractivity contribution in [2.45, 2.75) is 13.0 Å². The van der Waals surface area contributed by atoms with Gasteiger partial charge in [-0.15, -0.1) is 5.10 Å². The highest BCUT2D eigenvalue weighted by molar-refractivity contribution is 5.89. The van der Waals surface area contributed by atoms with Gasteiger partial charge in [-0.1, -0.05) is 18.2 Å². The molecule has 0 aliphatic carbocycles. The van der Waals surface area contributed by atoms with Crippen molar-refractivity contribution in [3.8, 4) is 0 Å². The number of urea groups is 1. The first-order valence-corrected chi connectivity index (χ1v) is 10.2. The number of pyridine rings is 1. The van der Waals surface area contributed by atoms with Crippen molar-refractivity contribution in [3.05, 3.63) is 64.7 Å². The molecule has 3 aromatic rings. The number of rotatable bonds is 7. The molecule has 0 unspecified atom stereocenters. The van der Waals surface area contributed by atoms with E-state index in [1.807, 2.05) is 30.3 Å². The highest BCUT2D eigenvalue weighted by Gasteiger charge is 2.10. The molecule has 0 atom stereocenters. The summed E-state index contributed by atoms with van der Waals surface area (Å²) >= 11 is 0. The van der Waals surface area contributed by atoms with E-state index in [1.165, 1.54) is 9.08 Å². The molecule has 9 nitrogen and oxygen atoms in total. The maximum absolute atomic E-state index is 12.4. The quantitative estimate of drug-likeness (QED) is 0.574. The minimum atomic E-state index is -0.237. The third-order valence-electron chi connectivity index (χ3n) is 5.05. The van der Waals surface area contributed by atoms with Gasteiger partial charge in [0.25, 0.3) is 0 Å². The average Bonchev–Trinajstić information content (AvgIpc) is 3.08. The lowest BCUT2D eigenvalue weighted by Crippen LogP contribution is -2.38. The summed E-state index contributed by atoms with van der Waals surface area (Å²) in [5.41, 5.74) is 1.97. The Hall–Kier alpha value is -3.17. The van der Waals surface area contributed by atoms with E-state index < -0.39 is 0 Å². The number of morpholine rings is 1. The van der Waals surface area contributed by atoms with Crippen LogP contribution < -0.4 is 16.3 Å². The Morgan fingerprint density at radius 3 is 2.83 bits per heavy atom. The van der Waals surface area contributed by atoms with Gasteiger partial charge in [-0.05, 0) is 42.8 Å². The molecular weight excluding hydrogens is 384 g/mol. The molecule has 2 N–H and O–H groups in total. The standard InChI is InChI=1S/C21H26N6O3/c28-20(22-8-4-9-25-11-13-30-14-12-25)23-18-6-3-5-17(15-18)16-27-21(29)26-10-2-1-7-19(26)24-27/h1-3,5-7,10,15H,4,8-9,11-14,16H2,(H2,22,23,28). The molecule has 9 heteroatoms. The monoisotopic (exact) mass is 410 g/mol. The van der Waals surface area contributed by atoms with Gasteiger partial charge in [-0.25, -0.2) is 14.3 Å².